The van der Waals surface area contributed by atoms with Crippen molar-refractivity contribution in [2.24, 2.45) is 0 Å². The molecule has 0 heterocycles. The second-order valence-corrected chi connectivity index (χ2v) is 28.5. The van der Waals surface area contributed by atoms with Crippen molar-refractivity contribution in [3.63, 3.8) is 0 Å². The number of aliphatic hydroxyl groups excluding tert-OH is 2. The predicted octanol–water partition coefficient (Wildman–Crippen LogP) is 27.2. The van der Waals surface area contributed by atoms with Gasteiger partial charge in [-0.1, -0.05) is 404 Å². The lowest BCUT2D eigenvalue weighted by Crippen LogP contribution is -2.45. The zero-order valence-electron chi connectivity index (χ0n) is 60.7. The summed E-state index contributed by atoms with van der Waals surface area (Å²) in [4.78, 5) is 24.7. The van der Waals surface area contributed by atoms with Crippen molar-refractivity contribution in [2.75, 3.05) is 13.2 Å². The van der Waals surface area contributed by atoms with E-state index in [-0.39, 0.29) is 18.5 Å². The maximum atomic E-state index is 12.6. The lowest BCUT2D eigenvalue weighted by Gasteiger charge is -2.22. The molecule has 2 atom stereocenters. The van der Waals surface area contributed by atoms with E-state index in [0.29, 0.717) is 25.9 Å². The Morgan fingerprint density at radius 2 is 0.528 bits per heavy atom. The van der Waals surface area contributed by atoms with Gasteiger partial charge in [-0.2, -0.15) is 0 Å². The molecule has 0 radical (unpaired) electrons. The number of carbonyl (C=O) groups is 2. The van der Waals surface area contributed by atoms with Crippen LogP contribution in [-0.2, 0) is 14.3 Å². The van der Waals surface area contributed by atoms with Gasteiger partial charge in [0.1, 0.15) is 0 Å². The van der Waals surface area contributed by atoms with Crippen LogP contribution in [0.1, 0.15) is 470 Å². The van der Waals surface area contributed by atoms with Gasteiger partial charge >= 0.3 is 5.97 Å². The lowest BCUT2D eigenvalue weighted by molar-refractivity contribution is -0.143. The van der Waals surface area contributed by atoms with Gasteiger partial charge in [-0.3, -0.25) is 9.59 Å². The fourth-order valence-corrected chi connectivity index (χ4v) is 13.2. The molecule has 6 nitrogen and oxygen atoms in total. The molecule has 0 bridgehead atoms. The molecule has 528 valence electrons. The summed E-state index contributed by atoms with van der Waals surface area (Å²) < 4.78 is 5.51. The Labute approximate surface area is 558 Å². The first kappa shape index (κ1) is 87.3. The molecule has 0 aliphatic carbocycles. The zero-order valence-corrected chi connectivity index (χ0v) is 60.7. The third kappa shape index (κ3) is 75.3. The van der Waals surface area contributed by atoms with Gasteiger partial charge < -0.3 is 20.3 Å². The molecular formula is C83H161NO5. The van der Waals surface area contributed by atoms with Crippen LogP contribution in [0.2, 0.25) is 0 Å². The van der Waals surface area contributed by atoms with E-state index in [1.165, 1.54) is 392 Å². The number of rotatable bonds is 78. The minimum Gasteiger partial charge on any atom is -0.466 e. The highest BCUT2D eigenvalue weighted by Crippen LogP contribution is 2.20. The van der Waals surface area contributed by atoms with Crippen molar-refractivity contribution in [3.05, 3.63) is 24.3 Å². The zero-order chi connectivity index (χ0) is 64.2. The summed E-state index contributed by atoms with van der Waals surface area (Å²) in [6.07, 6.45) is 101. The minimum atomic E-state index is -0.665. The highest BCUT2D eigenvalue weighted by atomic mass is 16.5. The van der Waals surface area contributed by atoms with Crippen LogP contribution in [0.3, 0.4) is 0 Å². The summed E-state index contributed by atoms with van der Waals surface area (Å²) in [5.74, 6) is -0.0133. The number of amides is 1. The van der Waals surface area contributed by atoms with Crippen LogP contribution in [0.15, 0.2) is 24.3 Å². The highest BCUT2D eigenvalue weighted by molar-refractivity contribution is 5.76. The molecule has 0 saturated carbocycles. The fraction of sp³-hybridized carbons (Fsp3) is 0.928. The van der Waals surface area contributed by atoms with Crippen LogP contribution in [-0.4, -0.2) is 47.4 Å². The van der Waals surface area contributed by atoms with Crippen molar-refractivity contribution in [2.45, 2.75) is 482 Å². The summed E-state index contributed by atoms with van der Waals surface area (Å²) in [6.45, 7) is 5.01. The van der Waals surface area contributed by atoms with E-state index in [9.17, 15) is 19.8 Å². The summed E-state index contributed by atoms with van der Waals surface area (Å²) in [5.41, 5.74) is 0. The quantitative estimate of drug-likeness (QED) is 0.0320. The number of esters is 1. The van der Waals surface area contributed by atoms with E-state index in [0.717, 1.165) is 44.9 Å². The van der Waals surface area contributed by atoms with Crippen LogP contribution in [0.4, 0.5) is 0 Å². The molecule has 0 fully saturated rings. The van der Waals surface area contributed by atoms with Gasteiger partial charge in [-0.05, 0) is 77.0 Å². The summed E-state index contributed by atoms with van der Waals surface area (Å²) in [5, 5.41) is 23.5. The Kier molecular flexibility index (Phi) is 77.3. The van der Waals surface area contributed by atoms with Crippen LogP contribution in [0.5, 0.6) is 0 Å². The largest absolute Gasteiger partial charge is 0.466 e. The van der Waals surface area contributed by atoms with Crippen molar-refractivity contribution in [3.8, 4) is 0 Å². The number of aliphatic hydroxyl groups is 2. The molecule has 3 N–H and O–H groups in total. The SMILES string of the molecule is CCCCCCCCC/C=C\CCCCCCCCCC(=O)OCCCCCCCCCCCCCC/C=C\CCCCCCCCCCCCCCCC(=O)NC(CO)C(O)CCCCCCCCCCCCCCCCCCCCCCCCCCC. The third-order valence-corrected chi connectivity index (χ3v) is 19.5. The van der Waals surface area contributed by atoms with E-state index < -0.39 is 12.1 Å². The standard InChI is InChI=1S/C83H161NO5/c1-3-5-7-9-11-13-15-17-19-21-23-24-25-31-34-37-40-43-47-51-55-59-63-67-71-75-81(86)80(79-85)84-82(87)76-72-68-64-60-56-52-48-44-41-38-35-32-29-27-26-28-30-33-36-39-42-46-50-54-58-62-66-70-74-78-89-83(88)77-73-69-65-61-57-53-49-45-22-20-18-16-14-12-10-8-6-4-2/h20,22,26,28,80-81,85-86H,3-19,21,23-25,27,29-79H2,1-2H3,(H,84,87)/b22-20-,28-26-. The smallest absolute Gasteiger partial charge is 0.305 e. The maximum absolute atomic E-state index is 12.6. The molecule has 6 heteroatoms. The first-order valence-corrected chi connectivity index (χ1v) is 41.1. The normalized spacial score (nSPS) is 12.5. The number of hydrogen-bond acceptors (Lipinski definition) is 5. The van der Waals surface area contributed by atoms with Crippen molar-refractivity contribution in [1.82, 2.24) is 5.32 Å². The molecule has 0 saturated heterocycles. The Morgan fingerprint density at radius 1 is 0.303 bits per heavy atom. The van der Waals surface area contributed by atoms with Crippen molar-refractivity contribution < 1.29 is 24.5 Å². The van der Waals surface area contributed by atoms with Gasteiger partial charge in [-0.15, -0.1) is 0 Å². The van der Waals surface area contributed by atoms with Gasteiger partial charge in [0, 0.05) is 12.8 Å². The van der Waals surface area contributed by atoms with E-state index in [4.69, 9.17) is 4.74 Å². The van der Waals surface area contributed by atoms with E-state index in [1.807, 2.05) is 0 Å². The minimum absolute atomic E-state index is 0.0149. The first-order chi connectivity index (χ1) is 44.0. The van der Waals surface area contributed by atoms with Gasteiger partial charge in [0.15, 0.2) is 0 Å². The molecule has 89 heavy (non-hydrogen) atoms. The highest BCUT2D eigenvalue weighted by Gasteiger charge is 2.20. The monoisotopic (exact) mass is 1250 g/mol. The molecule has 0 aromatic heterocycles. The van der Waals surface area contributed by atoms with E-state index >= 15 is 0 Å². The van der Waals surface area contributed by atoms with Crippen LogP contribution in [0.25, 0.3) is 0 Å². The number of nitrogens with one attached hydrogen (secondary N) is 1. The van der Waals surface area contributed by atoms with E-state index in [1.54, 1.807) is 0 Å². The average Bonchev–Trinajstić information content (AvgIpc) is 3.63. The van der Waals surface area contributed by atoms with Gasteiger partial charge in [0.05, 0.1) is 25.4 Å². The first-order valence-electron chi connectivity index (χ1n) is 41.1. The average molecular weight is 1250 g/mol. The van der Waals surface area contributed by atoms with Gasteiger partial charge in [0.2, 0.25) is 5.91 Å². The predicted molar refractivity (Wildman–Crippen MR) is 393 cm³/mol. The van der Waals surface area contributed by atoms with Crippen LogP contribution < -0.4 is 5.32 Å². The summed E-state index contributed by atoms with van der Waals surface area (Å²) in [7, 11) is 0. The molecule has 2 unspecified atom stereocenters. The van der Waals surface area contributed by atoms with Crippen LogP contribution >= 0.6 is 0 Å². The van der Waals surface area contributed by atoms with Gasteiger partial charge in [-0.25, -0.2) is 0 Å². The fourth-order valence-electron chi connectivity index (χ4n) is 13.2. The molecule has 0 aromatic rings. The topological polar surface area (TPSA) is 95.9 Å². The molecule has 0 aliphatic heterocycles. The van der Waals surface area contributed by atoms with Gasteiger partial charge in [0.25, 0.3) is 0 Å². The third-order valence-electron chi connectivity index (χ3n) is 19.5. The summed E-state index contributed by atoms with van der Waals surface area (Å²) in [6, 6.07) is -0.543. The Balaban J connectivity index is 3.36. The number of allylic oxidation sites excluding steroid dienone is 4. The number of unbranched alkanes of at least 4 members (excludes halogenated alkanes) is 63. The molecule has 1 amide bonds. The van der Waals surface area contributed by atoms with Crippen molar-refractivity contribution >= 4 is 11.9 Å². The number of ether oxygens (including phenoxy) is 1. The van der Waals surface area contributed by atoms with E-state index in [2.05, 4.69) is 43.5 Å². The summed E-state index contributed by atoms with van der Waals surface area (Å²) >= 11 is 0. The molecular weight excluding hydrogens is 1090 g/mol. The Hall–Kier alpha value is -1.66. The molecule has 0 spiro atoms. The van der Waals surface area contributed by atoms with Crippen molar-refractivity contribution in [1.29, 1.82) is 0 Å². The molecule has 0 aliphatic rings. The Morgan fingerprint density at radius 3 is 0.798 bits per heavy atom. The maximum Gasteiger partial charge on any atom is 0.305 e. The van der Waals surface area contributed by atoms with Crippen LogP contribution in [0, 0.1) is 0 Å². The second-order valence-electron chi connectivity index (χ2n) is 28.5. The molecule has 0 aromatic carbocycles. The molecule has 0 rings (SSSR count). The Bertz CT molecular complexity index is 1400. The lowest BCUT2D eigenvalue weighted by atomic mass is 10.0. The number of hydrogen-bond donors (Lipinski definition) is 3. The second kappa shape index (κ2) is 78.8. The number of carbonyl (C=O) groups excluding carboxylic acids is 2.